The van der Waals surface area contributed by atoms with Gasteiger partial charge >= 0.3 is 0 Å². The normalized spacial score (nSPS) is 12.8. The molecule has 0 saturated carbocycles. The smallest absolute Gasteiger partial charge is 0.218 e. The van der Waals surface area contributed by atoms with Crippen molar-refractivity contribution in [3.63, 3.8) is 0 Å². The summed E-state index contributed by atoms with van der Waals surface area (Å²) < 4.78 is 5.11. The first-order valence-electron chi connectivity index (χ1n) is 4.26. The van der Waals surface area contributed by atoms with Crippen LogP contribution in [0.2, 0.25) is 0 Å². The Kier molecular flexibility index (Phi) is 6.70. The van der Waals surface area contributed by atoms with Gasteiger partial charge in [-0.2, -0.15) is 0 Å². The van der Waals surface area contributed by atoms with Gasteiger partial charge in [0, 0.05) is 25.6 Å². The van der Waals surface area contributed by atoms with Gasteiger partial charge in [0.05, 0.1) is 6.61 Å². The van der Waals surface area contributed by atoms with Gasteiger partial charge in [-0.25, -0.2) is 0 Å². The molecule has 4 nitrogen and oxygen atoms in total. The lowest BCUT2D eigenvalue weighted by molar-refractivity contribution is -0.118. The molecular weight excluding hydrogens is 156 g/mol. The molecule has 0 aliphatic heterocycles. The summed E-state index contributed by atoms with van der Waals surface area (Å²) in [6.45, 7) is 6.05. The lowest BCUT2D eigenvalue weighted by atomic mass is 10.2. The Bertz CT molecular complexity index is 128. The van der Waals surface area contributed by atoms with E-state index in [2.05, 4.69) is 5.32 Å². The standard InChI is InChI=1S/C8H18N2O2/c1-3-12-5-4-10-7(2)6-8(9)11/h7,10H,3-6H2,1-2H3,(H2,9,11). The fourth-order valence-electron chi connectivity index (χ4n) is 0.896. The molecular formula is C8H18N2O2. The third-order valence-corrected chi connectivity index (χ3v) is 1.45. The lowest BCUT2D eigenvalue weighted by Crippen LogP contribution is -2.33. The lowest BCUT2D eigenvalue weighted by Gasteiger charge is -2.11. The van der Waals surface area contributed by atoms with Crippen molar-refractivity contribution in [2.24, 2.45) is 5.73 Å². The van der Waals surface area contributed by atoms with Crippen molar-refractivity contribution in [2.75, 3.05) is 19.8 Å². The highest BCUT2D eigenvalue weighted by molar-refractivity contribution is 5.74. The summed E-state index contributed by atoms with van der Waals surface area (Å²) in [5, 5.41) is 3.12. The van der Waals surface area contributed by atoms with Gasteiger partial charge in [-0.15, -0.1) is 0 Å². The summed E-state index contributed by atoms with van der Waals surface area (Å²) >= 11 is 0. The molecule has 0 fully saturated rings. The summed E-state index contributed by atoms with van der Waals surface area (Å²) in [6.07, 6.45) is 0.381. The van der Waals surface area contributed by atoms with Crippen LogP contribution in [0.15, 0.2) is 0 Å². The number of ether oxygens (including phenoxy) is 1. The average molecular weight is 174 g/mol. The van der Waals surface area contributed by atoms with Crippen molar-refractivity contribution in [3.8, 4) is 0 Å². The van der Waals surface area contributed by atoms with E-state index in [4.69, 9.17) is 10.5 Å². The molecule has 0 aromatic rings. The van der Waals surface area contributed by atoms with E-state index in [1.165, 1.54) is 0 Å². The summed E-state index contributed by atoms with van der Waals surface area (Å²) in [5.74, 6) is -0.272. The number of carbonyl (C=O) groups is 1. The molecule has 1 atom stereocenters. The molecule has 0 heterocycles. The molecule has 0 bridgehead atoms. The van der Waals surface area contributed by atoms with Gasteiger partial charge in [-0.1, -0.05) is 0 Å². The molecule has 0 saturated heterocycles. The first-order valence-corrected chi connectivity index (χ1v) is 4.26. The van der Waals surface area contributed by atoms with Crippen LogP contribution in [0, 0.1) is 0 Å². The van der Waals surface area contributed by atoms with Gasteiger partial charge in [0.25, 0.3) is 0 Å². The summed E-state index contributed by atoms with van der Waals surface area (Å²) in [7, 11) is 0. The van der Waals surface area contributed by atoms with Crippen molar-refractivity contribution in [2.45, 2.75) is 26.3 Å². The number of amides is 1. The SMILES string of the molecule is CCOCCNC(C)CC(N)=O. The molecule has 72 valence electrons. The fourth-order valence-corrected chi connectivity index (χ4v) is 0.896. The number of nitrogens with one attached hydrogen (secondary N) is 1. The van der Waals surface area contributed by atoms with Crippen LogP contribution >= 0.6 is 0 Å². The Balaban J connectivity index is 3.19. The summed E-state index contributed by atoms with van der Waals surface area (Å²) in [6, 6.07) is 0.142. The second kappa shape index (κ2) is 7.06. The molecule has 12 heavy (non-hydrogen) atoms. The van der Waals surface area contributed by atoms with Crippen LogP contribution in [0.3, 0.4) is 0 Å². The Morgan fingerprint density at radius 3 is 2.83 bits per heavy atom. The zero-order valence-corrected chi connectivity index (χ0v) is 7.80. The number of carbonyl (C=O) groups excluding carboxylic acids is 1. The average Bonchev–Trinajstić information content (AvgIpc) is 1.97. The third-order valence-electron chi connectivity index (χ3n) is 1.45. The van der Waals surface area contributed by atoms with E-state index in [0.29, 0.717) is 13.0 Å². The van der Waals surface area contributed by atoms with Crippen molar-refractivity contribution < 1.29 is 9.53 Å². The number of hydrogen-bond donors (Lipinski definition) is 2. The Morgan fingerprint density at radius 1 is 1.67 bits per heavy atom. The molecule has 0 aliphatic rings. The van der Waals surface area contributed by atoms with Crippen molar-refractivity contribution >= 4 is 5.91 Å². The monoisotopic (exact) mass is 174 g/mol. The maximum atomic E-state index is 10.4. The van der Waals surface area contributed by atoms with Gasteiger partial charge in [0.1, 0.15) is 0 Å². The van der Waals surface area contributed by atoms with Gasteiger partial charge in [-0.05, 0) is 13.8 Å². The number of primary amides is 1. The minimum absolute atomic E-state index is 0.142. The largest absolute Gasteiger partial charge is 0.380 e. The molecule has 1 unspecified atom stereocenters. The molecule has 0 aromatic carbocycles. The first-order chi connectivity index (χ1) is 5.66. The Hall–Kier alpha value is -0.610. The van der Waals surface area contributed by atoms with Crippen LogP contribution in [0.4, 0.5) is 0 Å². The molecule has 1 amide bonds. The molecule has 0 radical (unpaired) electrons. The van der Waals surface area contributed by atoms with E-state index >= 15 is 0 Å². The van der Waals surface area contributed by atoms with E-state index in [1.54, 1.807) is 0 Å². The van der Waals surface area contributed by atoms with Crippen LogP contribution < -0.4 is 11.1 Å². The number of rotatable bonds is 7. The van der Waals surface area contributed by atoms with Gasteiger partial charge in [0.15, 0.2) is 0 Å². The highest BCUT2D eigenvalue weighted by atomic mass is 16.5. The van der Waals surface area contributed by atoms with Crippen molar-refractivity contribution in [3.05, 3.63) is 0 Å². The third kappa shape index (κ3) is 7.50. The van der Waals surface area contributed by atoms with Crippen LogP contribution in [-0.2, 0) is 9.53 Å². The summed E-state index contributed by atoms with van der Waals surface area (Å²) in [5.41, 5.74) is 5.01. The number of hydrogen-bond acceptors (Lipinski definition) is 3. The van der Waals surface area contributed by atoms with Crippen LogP contribution in [0.1, 0.15) is 20.3 Å². The molecule has 0 aromatic heterocycles. The van der Waals surface area contributed by atoms with Crippen LogP contribution in [-0.4, -0.2) is 31.7 Å². The van der Waals surface area contributed by atoms with E-state index in [-0.39, 0.29) is 11.9 Å². The predicted octanol–water partition coefficient (Wildman–Crippen LogP) is -0.124. The number of nitrogens with two attached hydrogens (primary N) is 1. The second-order valence-electron chi connectivity index (χ2n) is 2.72. The molecule has 0 aliphatic carbocycles. The molecule has 4 heteroatoms. The van der Waals surface area contributed by atoms with Crippen LogP contribution in [0.5, 0.6) is 0 Å². The Morgan fingerprint density at radius 2 is 2.33 bits per heavy atom. The van der Waals surface area contributed by atoms with E-state index in [0.717, 1.165) is 13.2 Å². The predicted molar refractivity (Wildman–Crippen MR) is 47.8 cm³/mol. The highest BCUT2D eigenvalue weighted by Crippen LogP contribution is 1.87. The quantitative estimate of drug-likeness (QED) is 0.529. The minimum Gasteiger partial charge on any atom is -0.380 e. The maximum Gasteiger partial charge on any atom is 0.218 e. The molecule has 3 N–H and O–H groups in total. The van der Waals surface area contributed by atoms with Gasteiger partial charge in [0.2, 0.25) is 5.91 Å². The topological polar surface area (TPSA) is 64.3 Å². The van der Waals surface area contributed by atoms with E-state index < -0.39 is 0 Å². The van der Waals surface area contributed by atoms with E-state index in [1.807, 2.05) is 13.8 Å². The summed E-state index contributed by atoms with van der Waals surface area (Å²) in [4.78, 5) is 10.4. The molecule has 0 rings (SSSR count). The first kappa shape index (κ1) is 11.4. The second-order valence-corrected chi connectivity index (χ2v) is 2.72. The van der Waals surface area contributed by atoms with Crippen molar-refractivity contribution in [1.82, 2.24) is 5.32 Å². The highest BCUT2D eigenvalue weighted by Gasteiger charge is 2.03. The fraction of sp³-hybridized carbons (Fsp3) is 0.875. The maximum absolute atomic E-state index is 10.4. The van der Waals surface area contributed by atoms with Gasteiger partial charge in [-0.3, -0.25) is 4.79 Å². The molecule has 0 spiro atoms. The zero-order valence-electron chi connectivity index (χ0n) is 7.80. The van der Waals surface area contributed by atoms with Crippen molar-refractivity contribution in [1.29, 1.82) is 0 Å². The Labute approximate surface area is 73.5 Å². The van der Waals surface area contributed by atoms with E-state index in [9.17, 15) is 4.79 Å². The van der Waals surface area contributed by atoms with Gasteiger partial charge < -0.3 is 15.8 Å². The zero-order chi connectivity index (χ0) is 9.40. The van der Waals surface area contributed by atoms with Crippen LogP contribution in [0.25, 0.3) is 0 Å². The minimum atomic E-state index is -0.272.